The first-order valence-corrected chi connectivity index (χ1v) is 5.23. The van der Waals surface area contributed by atoms with Gasteiger partial charge in [0.2, 0.25) is 0 Å². The van der Waals surface area contributed by atoms with Crippen LogP contribution in [-0.4, -0.2) is 29.4 Å². The Balaban J connectivity index is 2.70. The molecule has 0 aliphatic heterocycles. The van der Waals surface area contributed by atoms with Gasteiger partial charge in [-0.05, 0) is 11.1 Å². The zero-order chi connectivity index (χ0) is 12.8. The first-order valence-electron chi connectivity index (χ1n) is 5.23. The van der Waals surface area contributed by atoms with Gasteiger partial charge in [0.05, 0.1) is 19.6 Å². The van der Waals surface area contributed by atoms with Crippen molar-refractivity contribution in [2.45, 2.75) is 18.6 Å². The van der Waals surface area contributed by atoms with Crippen LogP contribution in [-0.2, 0) is 9.53 Å². The molecule has 0 spiro atoms. The number of rotatable bonds is 5. The lowest BCUT2D eigenvalue weighted by molar-refractivity contribution is -0.144. The fourth-order valence-corrected chi connectivity index (χ4v) is 1.42. The van der Waals surface area contributed by atoms with Gasteiger partial charge in [-0.25, -0.2) is 0 Å². The fraction of sp³-hybridized carbons (Fsp3) is 0.308. The molecule has 2 N–H and O–H groups in total. The number of aliphatic hydroxyl groups excluding tert-OH is 2. The third-order valence-corrected chi connectivity index (χ3v) is 2.48. The summed E-state index contributed by atoms with van der Waals surface area (Å²) in [5.74, 6) is -0.556. The van der Waals surface area contributed by atoms with Crippen molar-refractivity contribution in [3.63, 3.8) is 0 Å². The van der Waals surface area contributed by atoms with E-state index in [4.69, 9.17) is 0 Å². The van der Waals surface area contributed by atoms with E-state index in [2.05, 4.69) is 11.3 Å². The van der Waals surface area contributed by atoms with Gasteiger partial charge < -0.3 is 14.9 Å². The highest BCUT2D eigenvalue weighted by Gasteiger charge is 2.21. The van der Waals surface area contributed by atoms with Crippen molar-refractivity contribution in [2.24, 2.45) is 0 Å². The molecule has 0 aliphatic rings. The highest BCUT2D eigenvalue weighted by atomic mass is 16.5. The van der Waals surface area contributed by atoms with Crippen molar-refractivity contribution in [2.75, 3.05) is 7.11 Å². The Bertz CT molecular complexity index is 383. The molecule has 1 rings (SSSR count). The summed E-state index contributed by atoms with van der Waals surface area (Å²) in [6.45, 7) is 3.62. The van der Waals surface area contributed by atoms with Crippen LogP contribution in [0.4, 0.5) is 0 Å². The van der Waals surface area contributed by atoms with E-state index in [0.717, 1.165) is 5.56 Å². The zero-order valence-electron chi connectivity index (χ0n) is 9.67. The van der Waals surface area contributed by atoms with Crippen molar-refractivity contribution in [1.29, 1.82) is 0 Å². The van der Waals surface area contributed by atoms with E-state index in [0.29, 0.717) is 5.56 Å². The van der Waals surface area contributed by atoms with Gasteiger partial charge in [0, 0.05) is 0 Å². The summed E-state index contributed by atoms with van der Waals surface area (Å²) in [6.07, 6.45) is -0.827. The molecule has 0 bridgehead atoms. The molecule has 0 saturated carbocycles. The lowest BCUT2D eigenvalue weighted by Crippen LogP contribution is -2.22. The molecule has 0 saturated heterocycles. The molecule has 0 aliphatic carbocycles. The van der Waals surface area contributed by atoms with Crippen LogP contribution in [0.5, 0.6) is 0 Å². The van der Waals surface area contributed by atoms with Crippen molar-refractivity contribution >= 4 is 12.0 Å². The van der Waals surface area contributed by atoms with Crippen LogP contribution in [0.3, 0.4) is 0 Å². The second-order valence-electron chi connectivity index (χ2n) is 3.66. The van der Waals surface area contributed by atoms with Gasteiger partial charge in [0.25, 0.3) is 0 Å². The predicted octanol–water partition coefficient (Wildman–Crippen LogP) is 1.29. The first kappa shape index (κ1) is 13.4. The molecule has 0 fully saturated rings. The SMILES string of the molecule is C=Cc1ccc(C(O)C(O)CC(=O)OC)cc1. The molecule has 0 amide bonds. The number of hydrogen-bond donors (Lipinski definition) is 2. The molecule has 0 heterocycles. The maximum absolute atomic E-state index is 11.0. The van der Waals surface area contributed by atoms with Crippen LogP contribution in [0.15, 0.2) is 30.8 Å². The number of hydrogen-bond acceptors (Lipinski definition) is 4. The highest BCUT2D eigenvalue weighted by Crippen LogP contribution is 2.20. The largest absolute Gasteiger partial charge is 0.469 e. The monoisotopic (exact) mass is 236 g/mol. The van der Waals surface area contributed by atoms with Gasteiger partial charge in [-0.15, -0.1) is 0 Å². The maximum Gasteiger partial charge on any atom is 0.308 e. The summed E-state index contributed by atoms with van der Waals surface area (Å²) in [5, 5.41) is 19.4. The Kier molecular flexibility index (Phi) is 4.87. The van der Waals surface area contributed by atoms with Crippen LogP contribution >= 0.6 is 0 Å². The Morgan fingerprint density at radius 2 is 2.00 bits per heavy atom. The molecule has 92 valence electrons. The van der Waals surface area contributed by atoms with Crippen molar-refractivity contribution in [1.82, 2.24) is 0 Å². The number of ether oxygens (including phenoxy) is 1. The average molecular weight is 236 g/mol. The minimum Gasteiger partial charge on any atom is -0.469 e. The van der Waals surface area contributed by atoms with Crippen LogP contribution in [0.25, 0.3) is 6.08 Å². The van der Waals surface area contributed by atoms with E-state index < -0.39 is 18.2 Å². The van der Waals surface area contributed by atoms with E-state index >= 15 is 0 Å². The average Bonchev–Trinajstić information content (AvgIpc) is 2.37. The lowest BCUT2D eigenvalue weighted by atomic mass is 10.0. The molecule has 0 aromatic heterocycles. The fourth-order valence-electron chi connectivity index (χ4n) is 1.42. The van der Waals surface area contributed by atoms with Crippen LogP contribution in [0.2, 0.25) is 0 Å². The van der Waals surface area contributed by atoms with E-state index in [9.17, 15) is 15.0 Å². The van der Waals surface area contributed by atoms with Crippen molar-refractivity contribution < 1.29 is 19.7 Å². The van der Waals surface area contributed by atoms with Crippen LogP contribution < -0.4 is 0 Å². The normalized spacial score (nSPS) is 13.8. The zero-order valence-corrected chi connectivity index (χ0v) is 9.67. The van der Waals surface area contributed by atoms with Gasteiger partial charge >= 0.3 is 5.97 Å². The molecular weight excluding hydrogens is 220 g/mol. The summed E-state index contributed by atoms with van der Waals surface area (Å²) >= 11 is 0. The summed E-state index contributed by atoms with van der Waals surface area (Å²) in [4.78, 5) is 11.0. The summed E-state index contributed by atoms with van der Waals surface area (Å²) in [7, 11) is 1.24. The van der Waals surface area contributed by atoms with Gasteiger partial charge in [0.1, 0.15) is 6.10 Å². The van der Waals surface area contributed by atoms with E-state index in [1.165, 1.54) is 7.11 Å². The minimum absolute atomic E-state index is 0.235. The number of benzene rings is 1. The number of aliphatic hydroxyl groups is 2. The lowest BCUT2D eigenvalue weighted by Gasteiger charge is -2.17. The maximum atomic E-state index is 11.0. The molecular formula is C13H16O4. The predicted molar refractivity (Wildman–Crippen MR) is 64.1 cm³/mol. The van der Waals surface area contributed by atoms with Gasteiger partial charge in [-0.3, -0.25) is 4.79 Å². The van der Waals surface area contributed by atoms with Crippen molar-refractivity contribution in [3.05, 3.63) is 42.0 Å². The highest BCUT2D eigenvalue weighted by molar-refractivity contribution is 5.69. The Labute approximate surface area is 100 Å². The van der Waals surface area contributed by atoms with E-state index in [1.54, 1.807) is 30.3 Å². The summed E-state index contributed by atoms with van der Waals surface area (Å²) in [6, 6.07) is 6.91. The molecule has 1 aromatic rings. The molecule has 2 atom stereocenters. The molecule has 4 heteroatoms. The standard InChI is InChI=1S/C13H16O4/c1-3-9-4-6-10(7-5-9)13(16)11(14)8-12(15)17-2/h3-7,11,13-14,16H,1,8H2,2H3. The molecule has 0 radical (unpaired) electrons. The van der Waals surface area contributed by atoms with Gasteiger partial charge in [-0.2, -0.15) is 0 Å². The van der Waals surface area contributed by atoms with Crippen LogP contribution in [0, 0.1) is 0 Å². The van der Waals surface area contributed by atoms with E-state index in [1.807, 2.05) is 0 Å². The first-order chi connectivity index (χ1) is 8.08. The summed E-state index contributed by atoms with van der Waals surface area (Å²) < 4.78 is 4.42. The molecule has 17 heavy (non-hydrogen) atoms. The van der Waals surface area contributed by atoms with Gasteiger partial charge in [-0.1, -0.05) is 36.9 Å². The van der Waals surface area contributed by atoms with Crippen molar-refractivity contribution in [3.8, 4) is 0 Å². The summed E-state index contributed by atoms with van der Waals surface area (Å²) in [5.41, 5.74) is 1.47. The minimum atomic E-state index is -1.17. The second kappa shape index (κ2) is 6.18. The third kappa shape index (κ3) is 3.69. The number of esters is 1. The topological polar surface area (TPSA) is 66.8 Å². The Morgan fingerprint density at radius 3 is 2.47 bits per heavy atom. The second-order valence-corrected chi connectivity index (χ2v) is 3.66. The number of methoxy groups -OCH3 is 1. The Hall–Kier alpha value is -1.65. The van der Waals surface area contributed by atoms with Gasteiger partial charge in [0.15, 0.2) is 0 Å². The molecule has 1 aromatic carbocycles. The molecule has 4 nitrogen and oxygen atoms in total. The quantitative estimate of drug-likeness (QED) is 0.756. The van der Waals surface area contributed by atoms with Crippen LogP contribution in [0.1, 0.15) is 23.7 Å². The molecule has 2 unspecified atom stereocenters. The smallest absolute Gasteiger partial charge is 0.308 e. The number of carbonyl (C=O) groups is 1. The third-order valence-electron chi connectivity index (χ3n) is 2.48. The van der Waals surface area contributed by atoms with E-state index in [-0.39, 0.29) is 6.42 Å². The Morgan fingerprint density at radius 1 is 1.41 bits per heavy atom. The number of carbonyl (C=O) groups excluding carboxylic acids is 1.